The zero-order valence-corrected chi connectivity index (χ0v) is 14.3. The second-order valence-electron chi connectivity index (χ2n) is 5.70. The van der Waals surface area contributed by atoms with Gasteiger partial charge >= 0.3 is 0 Å². The molecule has 4 heterocycles. The second-order valence-corrected chi connectivity index (χ2v) is 5.70. The molecule has 0 saturated heterocycles. The minimum atomic E-state index is -0.732. The van der Waals surface area contributed by atoms with Gasteiger partial charge in [0.15, 0.2) is 11.4 Å². The lowest BCUT2D eigenvalue weighted by Crippen LogP contribution is -2.18. The van der Waals surface area contributed by atoms with Crippen molar-refractivity contribution < 1.29 is 14.0 Å². The SMILES string of the molecule is CCn1cc(NC(=O)c2coc(-c3ccnc4[nH]ccc34)n2)c(C(N)=O)n1. The van der Waals surface area contributed by atoms with Crippen molar-refractivity contribution in [1.29, 1.82) is 0 Å². The van der Waals surface area contributed by atoms with E-state index in [2.05, 4.69) is 25.4 Å². The highest BCUT2D eigenvalue weighted by molar-refractivity contribution is 6.07. The Morgan fingerprint density at radius 2 is 2.22 bits per heavy atom. The Balaban J connectivity index is 1.62. The molecule has 0 bridgehead atoms. The number of nitrogens with zero attached hydrogens (tertiary/aromatic N) is 4. The van der Waals surface area contributed by atoms with Crippen molar-refractivity contribution in [3.05, 3.63) is 48.4 Å². The molecule has 0 aliphatic heterocycles. The Morgan fingerprint density at radius 1 is 1.37 bits per heavy atom. The third kappa shape index (κ3) is 2.92. The van der Waals surface area contributed by atoms with Gasteiger partial charge in [-0.1, -0.05) is 0 Å². The van der Waals surface area contributed by atoms with E-state index in [1.54, 1.807) is 18.5 Å². The van der Waals surface area contributed by atoms with Crippen molar-refractivity contribution in [2.24, 2.45) is 5.73 Å². The predicted octanol–water partition coefficient (Wildman–Crippen LogP) is 1.79. The summed E-state index contributed by atoms with van der Waals surface area (Å²) in [5, 5.41) is 7.45. The molecular weight excluding hydrogens is 350 g/mol. The molecule has 0 aromatic carbocycles. The van der Waals surface area contributed by atoms with Gasteiger partial charge in [0.1, 0.15) is 11.9 Å². The van der Waals surface area contributed by atoms with Crippen LogP contribution in [0.15, 0.2) is 41.4 Å². The lowest BCUT2D eigenvalue weighted by molar-refractivity contribution is 0.0995. The number of pyridine rings is 1. The van der Waals surface area contributed by atoms with Crippen molar-refractivity contribution in [3.63, 3.8) is 0 Å². The summed E-state index contributed by atoms with van der Waals surface area (Å²) in [6, 6.07) is 3.60. The largest absolute Gasteiger partial charge is 0.444 e. The van der Waals surface area contributed by atoms with Crippen LogP contribution in [0.25, 0.3) is 22.5 Å². The maximum absolute atomic E-state index is 12.5. The smallest absolute Gasteiger partial charge is 0.277 e. The van der Waals surface area contributed by atoms with Crippen molar-refractivity contribution in [2.45, 2.75) is 13.5 Å². The number of H-pyrrole nitrogens is 1. The van der Waals surface area contributed by atoms with Crippen LogP contribution in [0.4, 0.5) is 5.69 Å². The molecule has 0 saturated carbocycles. The summed E-state index contributed by atoms with van der Waals surface area (Å²) in [7, 11) is 0. The first-order valence-electron chi connectivity index (χ1n) is 8.13. The van der Waals surface area contributed by atoms with Crippen molar-refractivity contribution >= 4 is 28.5 Å². The summed E-state index contributed by atoms with van der Waals surface area (Å²) < 4.78 is 6.97. The van der Waals surface area contributed by atoms with Crippen molar-refractivity contribution in [2.75, 3.05) is 5.32 Å². The number of anilines is 1. The fourth-order valence-corrected chi connectivity index (χ4v) is 2.69. The zero-order chi connectivity index (χ0) is 19.0. The zero-order valence-electron chi connectivity index (χ0n) is 14.3. The first kappa shape index (κ1) is 16.5. The van der Waals surface area contributed by atoms with Crippen LogP contribution in [0.5, 0.6) is 0 Å². The molecule has 4 aromatic rings. The number of aryl methyl sites for hydroxylation is 1. The van der Waals surface area contributed by atoms with Crippen LogP contribution in [-0.4, -0.2) is 36.5 Å². The van der Waals surface area contributed by atoms with Crippen molar-refractivity contribution in [1.82, 2.24) is 24.7 Å². The number of carbonyl (C=O) groups is 2. The number of fused-ring (bicyclic) bond motifs is 1. The van der Waals surface area contributed by atoms with E-state index in [4.69, 9.17) is 10.2 Å². The number of aromatic amines is 1. The van der Waals surface area contributed by atoms with Crippen LogP contribution in [0, 0.1) is 0 Å². The van der Waals surface area contributed by atoms with Crippen molar-refractivity contribution in [3.8, 4) is 11.5 Å². The van der Waals surface area contributed by atoms with E-state index >= 15 is 0 Å². The predicted molar refractivity (Wildman–Crippen MR) is 96.0 cm³/mol. The van der Waals surface area contributed by atoms with Gasteiger partial charge in [0.05, 0.1) is 5.69 Å². The molecule has 4 N–H and O–H groups in total. The lowest BCUT2D eigenvalue weighted by Gasteiger charge is -2.00. The molecule has 0 spiro atoms. The molecule has 0 unspecified atom stereocenters. The highest BCUT2D eigenvalue weighted by atomic mass is 16.3. The topological polar surface area (TPSA) is 145 Å². The number of amides is 2. The molecule has 10 nitrogen and oxygen atoms in total. The third-order valence-corrected chi connectivity index (χ3v) is 3.99. The van der Waals surface area contributed by atoms with E-state index in [-0.39, 0.29) is 23.0 Å². The first-order chi connectivity index (χ1) is 13.1. The Labute approximate surface area is 152 Å². The van der Waals surface area contributed by atoms with E-state index in [1.165, 1.54) is 17.1 Å². The molecule has 0 aliphatic rings. The average Bonchev–Trinajstić information content (AvgIpc) is 3.39. The van der Waals surface area contributed by atoms with E-state index in [0.717, 1.165) is 5.39 Å². The average molecular weight is 365 g/mol. The number of rotatable bonds is 5. The maximum Gasteiger partial charge on any atom is 0.277 e. The minimum Gasteiger partial charge on any atom is -0.444 e. The molecule has 4 rings (SSSR count). The van der Waals surface area contributed by atoms with Gasteiger partial charge in [-0.05, 0) is 19.1 Å². The molecule has 0 atom stereocenters. The standard InChI is InChI=1S/C17H15N7O3/c1-2-24-7-11(13(23-24)14(18)25)21-16(26)12-8-27-17(22-12)10-4-6-20-15-9(10)3-5-19-15/h3-8H,2H2,1H3,(H2,18,25)(H,19,20)(H,21,26). The molecule has 10 heteroatoms. The summed E-state index contributed by atoms with van der Waals surface area (Å²) in [6.07, 6.45) is 6.16. The number of hydrogen-bond acceptors (Lipinski definition) is 6. The fourth-order valence-electron chi connectivity index (χ4n) is 2.69. The number of aromatic nitrogens is 5. The molecular formula is C17H15N7O3. The number of hydrogen-bond donors (Lipinski definition) is 3. The normalized spacial score (nSPS) is 11.0. The second kappa shape index (κ2) is 6.41. The van der Waals surface area contributed by atoms with Crippen LogP contribution in [0.2, 0.25) is 0 Å². The number of nitrogens with one attached hydrogen (secondary N) is 2. The third-order valence-electron chi connectivity index (χ3n) is 3.99. The number of carbonyl (C=O) groups excluding carboxylic acids is 2. The van der Waals surface area contributed by atoms with Gasteiger partial charge in [0.2, 0.25) is 5.89 Å². The quantitative estimate of drug-likeness (QED) is 0.491. The monoisotopic (exact) mass is 365 g/mol. The van der Waals surface area contributed by atoms with Crippen LogP contribution in [-0.2, 0) is 6.54 Å². The fraction of sp³-hybridized carbons (Fsp3) is 0.118. The molecule has 0 fully saturated rings. The van der Waals surface area contributed by atoms with E-state index in [0.29, 0.717) is 17.8 Å². The number of primary amides is 1. The minimum absolute atomic E-state index is 0.0166. The van der Waals surface area contributed by atoms with E-state index in [9.17, 15) is 9.59 Å². The van der Waals surface area contributed by atoms with Gasteiger partial charge in [-0.25, -0.2) is 9.97 Å². The maximum atomic E-state index is 12.5. The molecule has 4 aromatic heterocycles. The number of oxazole rings is 1. The van der Waals surface area contributed by atoms with Crippen LogP contribution in [0.3, 0.4) is 0 Å². The molecule has 0 aliphatic carbocycles. The van der Waals surface area contributed by atoms with Gasteiger partial charge in [-0.2, -0.15) is 5.10 Å². The van der Waals surface area contributed by atoms with Gasteiger partial charge in [0.25, 0.3) is 11.8 Å². The molecule has 27 heavy (non-hydrogen) atoms. The molecule has 0 radical (unpaired) electrons. The summed E-state index contributed by atoms with van der Waals surface area (Å²) in [5.41, 5.74) is 6.97. The Morgan fingerprint density at radius 3 is 3.00 bits per heavy atom. The highest BCUT2D eigenvalue weighted by Gasteiger charge is 2.20. The molecule has 136 valence electrons. The highest BCUT2D eigenvalue weighted by Crippen LogP contribution is 2.26. The lowest BCUT2D eigenvalue weighted by atomic mass is 10.2. The first-order valence-corrected chi connectivity index (χ1v) is 8.13. The van der Waals surface area contributed by atoms with Gasteiger partial charge in [0, 0.05) is 36.1 Å². The summed E-state index contributed by atoms with van der Waals surface area (Å²) in [5.74, 6) is -0.987. The van der Waals surface area contributed by atoms with Gasteiger partial charge < -0.3 is 20.5 Å². The number of nitrogens with two attached hydrogens (primary N) is 1. The summed E-state index contributed by atoms with van der Waals surface area (Å²) >= 11 is 0. The van der Waals surface area contributed by atoms with Crippen LogP contribution >= 0.6 is 0 Å². The van der Waals surface area contributed by atoms with Gasteiger partial charge in [-0.15, -0.1) is 0 Å². The Hall–Kier alpha value is -3.95. The summed E-state index contributed by atoms with van der Waals surface area (Å²) in [4.78, 5) is 35.5. The van der Waals surface area contributed by atoms with Crippen LogP contribution in [0.1, 0.15) is 27.9 Å². The molecule has 2 amide bonds. The van der Waals surface area contributed by atoms with Gasteiger partial charge in [-0.3, -0.25) is 14.3 Å². The van der Waals surface area contributed by atoms with E-state index in [1.807, 2.05) is 13.0 Å². The van der Waals surface area contributed by atoms with Crippen LogP contribution < -0.4 is 11.1 Å². The summed E-state index contributed by atoms with van der Waals surface area (Å²) in [6.45, 7) is 2.38. The van der Waals surface area contributed by atoms with E-state index < -0.39 is 11.8 Å². The Bertz CT molecular complexity index is 1150. The Kier molecular flexibility index (Phi) is 3.92.